The number of hydrogen-bond acceptors (Lipinski definition) is 5. The zero-order chi connectivity index (χ0) is 21.9. The molecule has 29 heavy (non-hydrogen) atoms. The van der Waals surface area contributed by atoms with E-state index in [1.165, 1.54) is 12.1 Å². The molecule has 164 valence electrons. The number of nitrogens with one attached hydrogen (secondary N) is 2. The highest BCUT2D eigenvalue weighted by molar-refractivity contribution is 7.89. The number of unbranched alkanes of at least 4 members (excludes halogenated alkanes) is 3. The molecule has 0 aromatic heterocycles. The second-order valence-electron chi connectivity index (χ2n) is 7.88. The van der Waals surface area contributed by atoms with Crippen LogP contribution in [0.3, 0.4) is 0 Å². The Morgan fingerprint density at radius 2 is 1.59 bits per heavy atom. The maximum Gasteiger partial charge on any atom is 0.407 e. The number of carbonyl (C=O) groups excluding carboxylic acids is 2. The summed E-state index contributed by atoms with van der Waals surface area (Å²) in [5, 5.41) is 10.6. The average Bonchev–Trinajstić information content (AvgIpc) is 2.59. The number of ether oxygens (including phenoxy) is 1. The zero-order valence-electron chi connectivity index (χ0n) is 17.5. The highest BCUT2D eigenvalue weighted by atomic mass is 32.2. The summed E-state index contributed by atoms with van der Waals surface area (Å²) in [7, 11) is -3.68. The first-order valence-corrected chi connectivity index (χ1v) is 11.4. The first kappa shape index (κ1) is 24.9. The molecule has 4 N–H and O–H groups in total. The maximum absolute atomic E-state index is 11.8. The zero-order valence-corrected chi connectivity index (χ0v) is 18.3. The quantitative estimate of drug-likeness (QED) is 0.467. The fraction of sp³-hybridized carbons (Fsp3) is 0.600. The van der Waals surface area contributed by atoms with Crippen LogP contribution < -0.4 is 15.8 Å². The lowest BCUT2D eigenvalue weighted by molar-refractivity contribution is -0.121. The van der Waals surface area contributed by atoms with Gasteiger partial charge in [-0.1, -0.05) is 25.0 Å². The standard InChI is InChI=1S/C20H33N3O5S/c1-20(2,3)28-19(25)23-14-7-5-4-6-8-18(24)22-15-13-16-9-11-17(12-10-16)29(21,26)27/h9-12H,4-8,13-15H2,1-3H3,(H,22,24)(H,23,25)(H2,21,26,27). The van der Waals surface area contributed by atoms with Crippen molar-refractivity contribution < 1.29 is 22.7 Å². The maximum atomic E-state index is 11.8. The largest absolute Gasteiger partial charge is 0.444 e. The van der Waals surface area contributed by atoms with Gasteiger partial charge in [0.15, 0.2) is 0 Å². The normalized spacial score (nSPS) is 11.7. The molecule has 0 aliphatic rings. The number of carbonyl (C=O) groups is 2. The Hall–Kier alpha value is -2.13. The molecule has 0 bridgehead atoms. The highest BCUT2D eigenvalue weighted by Gasteiger charge is 2.15. The Bertz CT molecular complexity index is 755. The minimum atomic E-state index is -3.68. The Labute approximate surface area is 173 Å². The van der Waals surface area contributed by atoms with Gasteiger partial charge in [-0.05, 0) is 57.7 Å². The predicted molar refractivity (Wildman–Crippen MR) is 112 cm³/mol. The number of benzene rings is 1. The van der Waals surface area contributed by atoms with Crippen LogP contribution in [-0.2, 0) is 26.0 Å². The van der Waals surface area contributed by atoms with Gasteiger partial charge in [0.05, 0.1) is 4.90 Å². The first-order chi connectivity index (χ1) is 13.5. The van der Waals surface area contributed by atoms with E-state index in [4.69, 9.17) is 9.88 Å². The van der Waals surface area contributed by atoms with Crippen molar-refractivity contribution in [1.29, 1.82) is 0 Å². The van der Waals surface area contributed by atoms with E-state index in [9.17, 15) is 18.0 Å². The fourth-order valence-corrected chi connectivity index (χ4v) is 3.06. The molecular formula is C20H33N3O5S. The van der Waals surface area contributed by atoms with Crippen molar-refractivity contribution in [3.63, 3.8) is 0 Å². The van der Waals surface area contributed by atoms with Crippen LogP contribution in [-0.4, -0.2) is 39.1 Å². The summed E-state index contributed by atoms with van der Waals surface area (Å²) in [6.45, 7) is 6.52. The van der Waals surface area contributed by atoms with E-state index >= 15 is 0 Å². The van der Waals surface area contributed by atoms with E-state index < -0.39 is 21.7 Å². The average molecular weight is 428 g/mol. The number of primary sulfonamides is 1. The van der Waals surface area contributed by atoms with Gasteiger partial charge in [-0.2, -0.15) is 0 Å². The van der Waals surface area contributed by atoms with Crippen molar-refractivity contribution in [3.05, 3.63) is 29.8 Å². The Balaban J connectivity index is 2.06. The summed E-state index contributed by atoms with van der Waals surface area (Å²) in [6.07, 6.45) is 4.15. The summed E-state index contributed by atoms with van der Waals surface area (Å²) < 4.78 is 27.6. The minimum Gasteiger partial charge on any atom is -0.444 e. The molecule has 0 heterocycles. The molecule has 1 rings (SSSR count). The van der Waals surface area contributed by atoms with Crippen LogP contribution in [0.2, 0.25) is 0 Å². The molecule has 1 aromatic rings. The smallest absolute Gasteiger partial charge is 0.407 e. The molecule has 1 aromatic carbocycles. The number of alkyl carbamates (subject to hydrolysis) is 1. The summed E-state index contributed by atoms with van der Waals surface area (Å²) in [5.41, 5.74) is 0.432. The lowest BCUT2D eigenvalue weighted by Crippen LogP contribution is -2.32. The molecule has 0 saturated heterocycles. The molecule has 0 aliphatic heterocycles. The first-order valence-electron chi connectivity index (χ1n) is 9.83. The molecule has 0 spiro atoms. The van der Waals surface area contributed by atoms with Crippen LogP contribution in [0.4, 0.5) is 4.79 Å². The van der Waals surface area contributed by atoms with Crippen LogP contribution >= 0.6 is 0 Å². The molecule has 8 nitrogen and oxygen atoms in total. The summed E-state index contributed by atoms with van der Waals surface area (Å²) >= 11 is 0. The molecule has 0 aliphatic carbocycles. The van der Waals surface area contributed by atoms with Gasteiger partial charge >= 0.3 is 6.09 Å². The van der Waals surface area contributed by atoms with Gasteiger partial charge < -0.3 is 15.4 Å². The molecule has 0 saturated carbocycles. The minimum absolute atomic E-state index is 0.00182. The summed E-state index contributed by atoms with van der Waals surface area (Å²) in [4.78, 5) is 23.4. The van der Waals surface area contributed by atoms with Gasteiger partial charge in [-0.25, -0.2) is 18.4 Å². The number of hydrogen-bond donors (Lipinski definition) is 3. The third-order valence-electron chi connectivity index (χ3n) is 3.99. The Morgan fingerprint density at radius 3 is 2.17 bits per heavy atom. The molecule has 9 heteroatoms. The number of amides is 2. The van der Waals surface area contributed by atoms with E-state index in [1.807, 2.05) is 20.8 Å². The molecular weight excluding hydrogens is 394 g/mol. The highest BCUT2D eigenvalue weighted by Crippen LogP contribution is 2.09. The van der Waals surface area contributed by atoms with Gasteiger partial charge in [0.1, 0.15) is 5.60 Å². The van der Waals surface area contributed by atoms with Gasteiger partial charge in [0, 0.05) is 19.5 Å². The predicted octanol–water partition coefficient (Wildman–Crippen LogP) is 2.47. The van der Waals surface area contributed by atoms with Crippen molar-refractivity contribution in [3.8, 4) is 0 Å². The third kappa shape index (κ3) is 12.1. The molecule has 0 unspecified atom stereocenters. The second kappa shape index (κ2) is 11.8. The lowest BCUT2D eigenvalue weighted by atomic mass is 10.1. The lowest BCUT2D eigenvalue weighted by Gasteiger charge is -2.19. The number of nitrogens with two attached hydrogens (primary N) is 1. The summed E-state index contributed by atoms with van der Waals surface area (Å²) in [5.74, 6) is -0.00182. The van der Waals surface area contributed by atoms with Gasteiger partial charge in [-0.15, -0.1) is 0 Å². The van der Waals surface area contributed by atoms with E-state index in [0.717, 1.165) is 31.2 Å². The van der Waals surface area contributed by atoms with E-state index in [1.54, 1.807) is 12.1 Å². The van der Waals surface area contributed by atoms with Crippen LogP contribution in [0.5, 0.6) is 0 Å². The monoisotopic (exact) mass is 427 g/mol. The van der Waals surface area contributed by atoms with Crippen molar-refractivity contribution >= 4 is 22.0 Å². The Morgan fingerprint density at radius 1 is 0.966 bits per heavy atom. The van der Waals surface area contributed by atoms with Crippen molar-refractivity contribution in [2.75, 3.05) is 13.1 Å². The van der Waals surface area contributed by atoms with Gasteiger partial charge in [0.2, 0.25) is 15.9 Å². The van der Waals surface area contributed by atoms with Crippen LogP contribution in [0.1, 0.15) is 58.4 Å². The fourth-order valence-electron chi connectivity index (χ4n) is 2.55. The van der Waals surface area contributed by atoms with Gasteiger partial charge in [0.25, 0.3) is 0 Å². The summed E-state index contributed by atoms with van der Waals surface area (Å²) in [6, 6.07) is 6.31. The SMILES string of the molecule is CC(C)(C)OC(=O)NCCCCCCC(=O)NCCc1ccc(S(N)(=O)=O)cc1. The molecule has 0 fully saturated rings. The van der Waals surface area contributed by atoms with Crippen LogP contribution in [0, 0.1) is 0 Å². The van der Waals surface area contributed by atoms with Crippen molar-refractivity contribution in [2.24, 2.45) is 5.14 Å². The number of rotatable bonds is 11. The van der Waals surface area contributed by atoms with E-state index in [0.29, 0.717) is 25.9 Å². The van der Waals surface area contributed by atoms with Crippen LogP contribution in [0.15, 0.2) is 29.2 Å². The van der Waals surface area contributed by atoms with Crippen LogP contribution in [0.25, 0.3) is 0 Å². The topological polar surface area (TPSA) is 128 Å². The van der Waals surface area contributed by atoms with E-state index in [2.05, 4.69) is 10.6 Å². The van der Waals surface area contributed by atoms with Crippen molar-refractivity contribution in [2.45, 2.75) is 69.8 Å². The third-order valence-corrected chi connectivity index (χ3v) is 4.92. The Kier molecular flexibility index (Phi) is 10.1. The molecule has 2 amide bonds. The second-order valence-corrected chi connectivity index (χ2v) is 9.44. The molecule has 0 atom stereocenters. The van der Waals surface area contributed by atoms with Gasteiger partial charge in [-0.3, -0.25) is 4.79 Å². The number of sulfonamides is 1. The van der Waals surface area contributed by atoms with E-state index in [-0.39, 0.29) is 10.8 Å². The molecule has 0 radical (unpaired) electrons. The van der Waals surface area contributed by atoms with Crippen molar-refractivity contribution in [1.82, 2.24) is 10.6 Å².